The summed E-state index contributed by atoms with van der Waals surface area (Å²) in [5, 5.41) is 0.371. The van der Waals surface area contributed by atoms with Gasteiger partial charge in [0.1, 0.15) is 5.69 Å². The Morgan fingerprint density at radius 3 is 2.62 bits per heavy atom. The van der Waals surface area contributed by atoms with Gasteiger partial charge in [-0.3, -0.25) is 9.59 Å². The van der Waals surface area contributed by atoms with E-state index in [0.717, 1.165) is 0 Å². The van der Waals surface area contributed by atoms with Gasteiger partial charge in [-0.1, -0.05) is 18.5 Å². The van der Waals surface area contributed by atoms with Crippen LogP contribution in [-0.2, 0) is 0 Å². The largest absolute Gasteiger partial charge is 0.289 e. The first-order valence-corrected chi connectivity index (χ1v) is 5.56. The molecule has 2 rings (SSSR count). The zero-order valence-corrected chi connectivity index (χ0v) is 10.1. The molecule has 0 atom stereocenters. The smallest absolute Gasteiger partial charge is 0.223 e. The van der Waals surface area contributed by atoms with Gasteiger partial charge in [-0.2, -0.15) is 0 Å². The number of carbonyl (C=O) groups excluding carboxylic acids is 2. The standard InChI is InChI=1S/C11H8ClNO2S/c1-2-5-8(12)11(15)9-6(10(5)14)3-4-7(16)13-9/h3-4H,2H2,1H3,(H,13,16). The number of thiol groups is 1. The molecule has 1 aromatic rings. The Kier molecular flexibility index (Phi) is 2.86. The minimum Gasteiger partial charge on any atom is -0.289 e. The van der Waals surface area contributed by atoms with Crippen LogP contribution in [0.3, 0.4) is 0 Å². The molecule has 0 N–H and O–H groups in total. The fraction of sp³-hybridized carbons (Fsp3) is 0.182. The predicted octanol–water partition coefficient (Wildman–Crippen LogP) is 2.65. The molecule has 16 heavy (non-hydrogen) atoms. The molecule has 0 amide bonds. The summed E-state index contributed by atoms with van der Waals surface area (Å²) in [6, 6.07) is 3.14. The SMILES string of the molecule is CCC1=C(Cl)C(=O)c2nc(S)ccc2C1=O. The number of pyridine rings is 1. The van der Waals surface area contributed by atoms with E-state index in [1.54, 1.807) is 19.1 Å². The van der Waals surface area contributed by atoms with E-state index < -0.39 is 5.78 Å². The lowest BCUT2D eigenvalue weighted by Gasteiger charge is -2.15. The number of carbonyl (C=O) groups is 2. The topological polar surface area (TPSA) is 47.0 Å². The number of hydrogen-bond donors (Lipinski definition) is 1. The second-order valence-corrected chi connectivity index (χ2v) is 4.21. The van der Waals surface area contributed by atoms with Crippen molar-refractivity contribution in [2.75, 3.05) is 0 Å². The van der Waals surface area contributed by atoms with Gasteiger partial charge in [0.25, 0.3) is 0 Å². The number of hydrogen-bond acceptors (Lipinski definition) is 4. The number of fused-ring (bicyclic) bond motifs is 1. The number of halogens is 1. The van der Waals surface area contributed by atoms with E-state index >= 15 is 0 Å². The average Bonchev–Trinajstić information content (AvgIpc) is 2.27. The third-order valence-corrected chi connectivity index (χ3v) is 3.08. The molecule has 0 spiro atoms. The molecule has 0 aromatic carbocycles. The molecule has 0 saturated heterocycles. The second-order valence-electron chi connectivity index (χ2n) is 3.37. The van der Waals surface area contributed by atoms with Crippen LogP contribution < -0.4 is 0 Å². The van der Waals surface area contributed by atoms with Gasteiger partial charge in [-0.15, -0.1) is 12.6 Å². The van der Waals surface area contributed by atoms with Gasteiger partial charge in [0.2, 0.25) is 5.78 Å². The number of nitrogens with zero attached hydrogens (tertiary/aromatic N) is 1. The molecular weight excluding hydrogens is 246 g/mol. The lowest BCUT2D eigenvalue weighted by molar-refractivity contribution is 0.0974. The molecular formula is C11H8ClNO2S. The minimum absolute atomic E-state index is 0.0218. The van der Waals surface area contributed by atoms with Gasteiger partial charge in [0.15, 0.2) is 5.78 Å². The van der Waals surface area contributed by atoms with Crippen molar-refractivity contribution in [3.05, 3.63) is 34.0 Å². The summed E-state index contributed by atoms with van der Waals surface area (Å²) < 4.78 is 0. The summed E-state index contributed by atoms with van der Waals surface area (Å²) >= 11 is 9.88. The highest BCUT2D eigenvalue weighted by Gasteiger charge is 2.31. The molecule has 3 nitrogen and oxygen atoms in total. The number of allylic oxidation sites excluding steroid dienone is 2. The quantitative estimate of drug-likeness (QED) is 0.783. The van der Waals surface area contributed by atoms with Crippen LogP contribution in [0.2, 0.25) is 0 Å². The van der Waals surface area contributed by atoms with E-state index in [1.165, 1.54) is 0 Å². The first kappa shape index (κ1) is 11.4. The van der Waals surface area contributed by atoms with Crippen LogP contribution in [0, 0.1) is 0 Å². The van der Waals surface area contributed by atoms with Gasteiger partial charge in [-0.25, -0.2) is 4.98 Å². The molecule has 1 aliphatic rings. The number of Topliss-reactive ketones (excluding diaryl/α,β-unsaturated/α-hetero) is 2. The second kappa shape index (κ2) is 4.03. The Morgan fingerprint density at radius 2 is 2.00 bits per heavy atom. The fourth-order valence-electron chi connectivity index (χ4n) is 1.62. The van der Waals surface area contributed by atoms with Crippen LogP contribution in [0.4, 0.5) is 0 Å². The van der Waals surface area contributed by atoms with Crippen LogP contribution in [0.25, 0.3) is 0 Å². The van der Waals surface area contributed by atoms with Crippen molar-refractivity contribution in [3.63, 3.8) is 0 Å². The lowest BCUT2D eigenvalue weighted by atomic mass is 9.91. The summed E-state index contributed by atoms with van der Waals surface area (Å²) in [6.45, 7) is 1.79. The van der Waals surface area contributed by atoms with Crippen molar-refractivity contribution in [2.24, 2.45) is 0 Å². The van der Waals surface area contributed by atoms with Crippen LogP contribution in [0.15, 0.2) is 27.8 Å². The Bertz CT molecular complexity index is 537. The molecule has 0 fully saturated rings. The van der Waals surface area contributed by atoms with Crippen molar-refractivity contribution in [1.29, 1.82) is 0 Å². The van der Waals surface area contributed by atoms with Crippen molar-refractivity contribution < 1.29 is 9.59 Å². The normalized spacial score (nSPS) is 15.4. The number of aromatic nitrogens is 1. The maximum absolute atomic E-state index is 12.0. The van der Waals surface area contributed by atoms with E-state index in [-0.39, 0.29) is 16.5 Å². The minimum atomic E-state index is -0.399. The zero-order valence-electron chi connectivity index (χ0n) is 8.45. The van der Waals surface area contributed by atoms with Gasteiger partial charge in [0, 0.05) is 5.57 Å². The Hall–Kier alpha value is -1.13. The summed E-state index contributed by atoms with van der Waals surface area (Å²) in [6.07, 6.45) is 0.436. The number of ketones is 2. The molecule has 0 unspecified atom stereocenters. The predicted molar refractivity (Wildman–Crippen MR) is 63.3 cm³/mol. The average molecular weight is 254 g/mol. The fourth-order valence-corrected chi connectivity index (χ4v) is 2.11. The molecule has 1 aromatic heterocycles. The van der Waals surface area contributed by atoms with Gasteiger partial charge < -0.3 is 0 Å². The van der Waals surface area contributed by atoms with Crippen molar-refractivity contribution >= 4 is 35.8 Å². The Balaban J connectivity index is 2.69. The summed E-state index contributed by atoms with van der Waals surface area (Å²) in [7, 11) is 0. The van der Waals surface area contributed by atoms with E-state index in [1.807, 2.05) is 0 Å². The van der Waals surface area contributed by atoms with Crippen LogP contribution >= 0.6 is 24.2 Å². The first-order chi connectivity index (χ1) is 7.56. The highest BCUT2D eigenvalue weighted by atomic mass is 35.5. The maximum atomic E-state index is 12.0. The molecule has 82 valence electrons. The van der Waals surface area contributed by atoms with Gasteiger partial charge in [0.05, 0.1) is 15.6 Å². The van der Waals surface area contributed by atoms with Crippen LogP contribution in [0.1, 0.15) is 34.2 Å². The third-order valence-electron chi connectivity index (χ3n) is 2.43. The first-order valence-electron chi connectivity index (χ1n) is 4.74. The van der Waals surface area contributed by atoms with E-state index in [4.69, 9.17) is 11.6 Å². The molecule has 0 saturated carbocycles. The highest BCUT2D eigenvalue weighted by Crippen LogP contribution is 2.29. The lowest BCUT2D eigenvalue weighted by Crippen LogP contribution is -2.21. The van der Waals surface area contributed by atoms with Crippen LogP contribution in [0.5, 0.6) is 0 Å². The summed E-state index contributed by atoms with van der Waals surface area (Å²) in [4.78, 5) is 27.7. The van der Waals surface area contributed by atoms with Crippen molar-refractivity contribution in [3.8, 4) is 0 Å². The number of rotatable bonds is 1. The maximum Gasteiger partial charge on any atom is 0.223 e. The monoisotopic (exact) mass is 253 g/mol. The Labute approximate surface area is 103 Å². The van der Waals surface area contributed by atoms with Gasteiger partial charge >= 0.3 is 0 Å². The van der Waals surface area contributed by atoms with E-state index in [0.29, 0.717) is 22.6 Å². The molecule has 0 aliphatic heterocycles. The molecule has 5 heteroatoms. The highest BCUT2D eigenvalue weighted by molar-refractivity contribution is 7.80. The zero-order chi connectivity index (χ0) is 11.9. The summed E-state index contributed by atoms with van der Waals surface area (Å²) in [5.74, 6) is -0.619. The van der Waals surface area contributed by atoms with Crippen molar-refractivity contribution in [2.45, 2.75) is 18.4 Å². The molecule has 1 aliphatic carbocycles. The van der Waals surface area contributed by atoms with E-state index in [2.05, 4.69) is 17.6 Å². The Morgan fingerprint density at radius 1 is 1.31 bits per heavy atom. The summed E-state index contributed by atoms with van der Waals surface area (Å²) in [5.41, 5.74) is 0.761. The molecule has 1 heterocycles. The van der Waals surface area contributed by atoms with E-state index in [9.17, 15) is 9.59 Å². The third kappa shape index (κ3) is 1.58. The van der Waals surface area contributed by atoms with Crippen molar-refractivity contribution in [1.82, 2.24) is 4.98 Å². The van der Waals surface area contributed by atoms with Gasteiger partial charge in [-0.05, 0) is 18.6 Å². The van der Waals surface area contributed by atoms with Crippen LogP contribution in [-0.4, -0.2) is 16.6 Å². The molecule has 0 radical (unpaired) electrons. The molecule has 0 bridgehead atoms.